The molecule has 1 heterocycles. The van der Waals surface area contributed by atoms with Crippen LogP contribution < -0.4 is 5.73 Å². The third-order valence-electron chi connectivity index (χ3n) is 4.44. The van der Waals surface area contributed by atoms with Gasteiger partial charge in [-0.1, -0.05) is 24.3 Å². The number of fused-ring (bicyclic) bond motifs is 1. The highest BCUT2D eigenvalue weighted by Crippen LogP contribution is 2.46. The van der Waals surface area contributed by atoms with Gasteiger partial charge in [-0.3, -0.25) is 0 Å². The second-order valence-corrected chi connectivity index (χ2v) is 7.12. The van der Waals surface area contributed by atoms with Crippen LogP contribution in [0.4, 0.5) is 0 Å². The average molecular weight is 415 g/mol. The Morgan fingerprint density at radius 3 is 2.76 bits per heavy atom. The molecule has 3 rings (SSSR count). The van der Waals surface area contributed by atoms with E-state index in [4.69, 9.17) is 10.2 Å². The van der Waals surface area contributed by atoms with Crippen molar-refractivity contribution in [3.05, 3.63) is 56.4 Å². The lowest BCUT2D eigenvalue weighted by molar-refractivity contribution is 0.0521. The normalized spacial score (nSPS) is 22.9. The predicted molar refractivity (Wildman–Crippen MR) is 89.2 cm³/mol. The van der Waals surface area contributed by atoms with E-state index >= 15 is 0 Å². The largest absolute Gasteiger partial charge is 0.450 e. The number of aryl methyl sites for hydroxylation is 1. The van der Waals surface area contributed by atoms with Gasteiger partial charge in [-0.2, -0.15) is 0 Å². The van der Waals surface area contributed by atoms with E-state index in [0.29, 0.717) is 17.0 Å². The van der Waals surface area contributed by atoms with Crippen molar-refractivity contribution >= 4 is 31.9 Å². The second-order valence-electron chi connectivity index (χ2n) is 5.54. The molecule has 0 amide bonds. The van der Waals surface area contributed by atoms with Gasteiger partial charge in [-0.15, -0.1) is 0 Å². The highest BCUT2D eigenvalue weighted by Gasteiger charge is 2.43. The molecule has 1 aromatic heterocycles. The second kappa shape index (κ2) is 5.88. The van der Waals surface area contributed by atoms with Crippen molar-refractivity contribution in [1.82, 2.24) is 0 Å². The number of nitrogens with two attached hydrogens (primary N) is 1. The van der Waals surface area contributed by atoms with Crippen molar-refractivity contribution < 1.29 is 9.52 Å². The lowest BCUT2D eigenvalue weighted by atomic mass is 9.66. The number of hydrogen-bond acceptors (Lipinski definition) is 3. The highest BCUT2D eigenvalue weighted by molar-refractivity contribution is 9.13. The molecule has 0 spiro atoms. The van der Waals surface area contributed by atoms with Crippen molar-refractivity contribution in [3.63, 3.8) is 0 Å². The fourth-order valence-electron chi connectivity index (χ4n) is 3.33. The van der Waals surface area contributed by atoms with E-state index < -0.39 is 11.5 Å². The first-order valence-electron chi connectivity index (χ1n) is 7.00. The molecule has 0 aliphatic heterocycles. The smallest absolute Gasteiger partial charge is 0.183 e. The molecule has 112 valence electrons. The van der Waals surface area contributed by atoms with Gasteiger partial charge < -0.3 is 15.3 Å². The monoisotopic (exact) mass is 413 g/mol. The molecule has 2 aromatic rings. The summed E-state index contributed by atoms with van der Waals surface area (Å²) in [7, 11) is 0. The Morgan fingerprint density at radius 2 is 2.10 bits per heavy atom. The Morgan fingerprint density at radius 1 is 1.33 bits per heavy atom. The predicted octanol–water partition coefficient (Wildman–Crippen LogP) is 4.07. The van der Waals surface area contributed by atoms with E-state index in [0.717, 1.165) is 29.3 Å². The quantitative estimate of drug-likeness (QED) is 0.795. The zero-order valence-electron chi connectivity index (χ0n) is 11.5. The first kappa shape index (κ1) is 15.3. The number of halogens is 2. The molecule has 3 N–H and O–H groups in total. The molecule has 2 atom stereocenters. The van der Waals surface area contributed by atoms with Crippen LogP contribution in [-0.2, 0) is 11.8 Å². The minimum absolute atomic E-state index is 0.390. The standard InChI is InChI=1S/C16H17Br2NO2/c17-12-8-13(21-15(12)18)14(20)16(9-19)7-3-5-10-4-1-2-6-11(10)16/h1-2,4,6,8,14,20H,3,5,7,9,19H2. The summed E-state index contributed by atoms with van der Waals surface area (Å²) in [4.78, 5) is 0. The van der Waals surface area contributed by atoms with Crippen LogP contribution >= 0.6 is 31.9 Å². The third kappa shape index (κ3) is 2.50. The molecule has 21 heavy (non-hydrogen) atoms. The van der Waals surface area contributed by atoms with Crippen LogP contribution in [0.3, 0.4) is 0 Å². The Labute approximate surface area is 140 Å². The summed E-state index contributed by atoms with van der Waals surface area (Å²) in [6, 6.07) is 10.1. The van der Waals surface area contributed by atoms with Gasteiger partial charge in [0.1, 0.15) is 11.9 Å². The molecule has 0 saturated carbocycles. The number of hydrogen-bond donors (Lipinski definition) is 2. The number of aliphatic hydroxyl groups excluding tert-OH is 1. The number of rotatable bonds is 3. The van der Waals surface area contributed by atoms with Crippen molar-refractivity contribution in [2.24, 2.45) is 5.73 Å². The van der Waals surface area contributed by atoms with Crippen LogP contribution in [0.25, 0.3) is 0 Å². The Balaban J connectivity index is 2.09. The Bertz CT molecular complexity index is 636. The van der Waals surface area contributed by atoms with E-state index in [-0.39, 0.29) is 0 Å². The maximum Gasteiger partial charge on any atom is 0.183 e. The van der Waals surface area contributed by atoms with E-state index in [2.05, 4.69) is 44.0 Å². The summed E-state index contributed by atoms with van der Waals surface area (Å²) in [6.07, 6.45) is 2.16. The van der Waals surface area contributed by atoms with Crippen molar-refractivity contribution in [3.8, 4) is 0 Å². The van der Waals surface area contributed by atoms with Crippen molar-refractivity contribution in [1.29, 1.82) is 0 Å². The highest BCUT2D eigenvalue weighted by atomic mass is 79.9. The van der Waals surface area contributed by atoms with Gasteiger partial charge in [0.2, 0.25) is 0 Å². The van der Waals surface area contributed by atoms with Gasteiger partial charge in [-0.25, -0.2) is 0 Å². The van der Waals surface area contributed by atoms with Gasteiger partial charge >= 0.3 is 0 Å². The summed E-state index contributed by atoms with van der Waals surface area (Å²) < 4.78 is 7.02. The lowest BCUT2D eigenvalue weighted by Gasteiger charge is -2.41. The van der Waals surface area contributed by atoms with E-state index in [1.807, 2.05) is 18.2 Å². The molecular formula is C16H17Br2NO2. The van der Waals surface area contributed by atoms with Crippen LogP contribution in [0.2, 0.25) is 0 Å². The van der Waals surface area contributed by atoms with Gasteiger partial charge in [0.25, 0.3) is 0 Å². The minimum Gasteiger partial charge on any atom is -0.450 e. The molecule has 0 saturated heterocycles. The summed E-state index contributed by atoms with van der Waals surface area (Å²) in [6.45, 7) is 0.390. The van der Waals surface area contributed by atoms with Crippen molar-refractivity contribution in [2.45, 2.75) is 30.8 Å². The van der Waals surface area contributed by atoms with Crippen molar-refractivity contribution in [2.75, 3.05) is 6.54 Å². The number of benzene rings is 1. The van der Waals surface area contributed by atoms with Crippen LogP contribution in [0, 0.1) is 0 Å². The lowest BCUT2D eigenvalue weighted by Crippen LogP contribution is -2.43. The topological polar surface area (TPSA) is 59.4 Å². The maximum absolute atomic E-state index is 11.0. The van der Waals surface area contributed by atoms with Crippen LogP contribution in [0.15, 0.2) is 43.9 Å². The summed E-state index contributed by atoms with van der Waals surface area (Å²) in [5.41, 5.74) is 8.05. The Hall–Kier alpha value is -0.620. The van der Waals surface area contributed by atoms with Gasteiger partial charge in [0.15, 0.2) is 4.67 Å². The first-order valence-corrected chi connectivity index (χ1v) is 8.58. The van der Waals surface area contributed by atoms with Gasteiger partial charge in [0.05, 0.1) is 4.47 Å². The molecule has 0 radical (unpaired) electrons. The molecule has 0 bridgehead atoms. The molecule has 5 heteroatoms. The van der Waals surface area contributed by atoms with Crippen LogP contribution in [0.1, 0.15) is 35.8 Å². The number of furan rings is 1. The van der Waals surface area contributed by atoms with Crippen LogP contribution in [0.5, 0.6) is 0 Å². The first-order chi connectivity index (χ1) is 10.1. The maximum atomic E-state index is 11.0. The van der Waals surface area contributed by atoms with E-state index in [1.54, 1.807) is 0 Å². The number of aliphatic hydroxyl groups is 1. The van der Waals surface area contributed by atoms with E-state index in [9.17, 15) is 5.11 Å². The van der Waals surface area contributed by atoms with Gasteiger partial charge in [-0.05, 0) is 68.3 Å². The molecule has 3 nitrogen and oxygen atoms in total. The minimum atomic E-state index is -0.758. The zero-order chi connectivity index (χ0) is 15.0. The summed E-state index contributed by atoms with van der Waals surface area (Å²) in [5, 5.41) is 11.0. The fourth-order valence-corrected chi connectivity index (χ4v) is 3.94. The fraction of sp³-hybridized carbons (Fsp3) is 0.375. The van der Waals surface area contributed by atoms with Crippen LogP contribution in [-0.4, -0.2) is 11.7 Å². The average Bonchev–Trinajstić information content (AvgIpc) is 2.85. The molecule has 1 aliphatic rings. The zero-order valence-corrected chi connectivity index (χ0v) is 14.7. The summed E-state index contributed by atoms with van der Waals surface area (Å²) >= 11 is 6.72. The molecule has 1 aromatic carbocycles. The molecular weight excluding hydrogens is 398 g/mol. The van der Waals surface area contributed by atoms with Gasteiger partial charge in [0, 0.05) is 12.0 Å². The summed E-state index contributed by atoms with van der Waals surface area (Å²) in [5.74, 6) is 0.538. The molecule has 0 fully saturated rings. The van der Waals surface area contributed by atoms with E-state index in [1.165, 1.54) is 5.56 Å². The molecule has 1 aliphatic carbocycles. The third-order valence-corrected chi connectivity index (χ3v) is 6.15. The molecule has 2 unspecified atom stereocenters. The Kier molecular flexibility index (Phi) is 4.28. The SMILES string of the molecule is NCC1(C(O)c2cc(Br)c(Br)o2)CCCc2ccccc21.